The zero-order chi connectivity index (χ0) is 52.0. The summed E-state index contributed by atoms with van der Waals surface area (Å²) in [5.74, 6) is 0. The molecule has 2 aliphatic rings. The Morgan fingerprint density at radius 2 is 0.947 bits per heavy atom. The van der Waals surface area contributed by atoms with Crippen molar-refractivity contribution in [1.29, 1.82) is 10.5 Å². The minimum atomic E-state index is -0.189. The van der Waals surface area contributed by atoms with E-state index in [1.54, 1.807) is 6.07 Å². The summed E-state index contributed by atoms with van der Waals surface area (Å²) in [5, 5.41) is 22.7. The first kappa shape index (κ1) is 46.9. The van der Waals surface area contributed by atoms with Crippen LogP contribution in [-0.2, 0) is 10.8 Å². The molecular weight excluding hydrogens is 940 g/mol. The minimum Gasteiger partial charge on any atom is -0.310 e. The van der Waals surface area contributed by atoms with Gasteiger partial charge < -0.3 is 9.47 Å². The molecule has 11 aromatic rings. The fourth-order valence-corrected chi connectivity index (χ4v) is 12.9. The zero-order valence-electron chi connectivity index (χ0n) is 43.5. The van der Waals surface area contributed by atoms with Crippen LogP contribution in [0.1, 0.15) is 63.8 Å². The molecule has 0 saturated carbocycles. The normalized spacial score (nSPS) is 12.7. The van der Waals surface area contributed by atoms with Crippen LogP contribution < -0.4 is 21.3 Å². The van der Waals surface area contributed by atoms with Crippen LogP contribution in [0.2, 0.25) is 0 Å². The van der Waals surface area contributed by atoms with E-state index in [0.717, 1.165) is 72.7 Å². The molecule has 2 aliphatic heterocycles. The maximum Gasteiger partial charge on any atom is 0.249 e. The van der Waals surface area contributed by atoms with E-state index in [-0.39, 0.29) is 17.5 Å². The number of hydrogen-bond donors (Lipinski definition) is 0. The van der Waals surface area contributed by atoms with Crippen molar-refractivity contribution < 1.29 is 0 Å². The van der Waals surface area contributed by atoms with Gasteiger partial charge in [0.15, 0.2) is 0 Å². The van der Waals surface area contributed by atoms with Crippen LogP contribution in [0.25, 0.3) is 72.0 Å². The standard InChI is InChI=1S/C70H53BN4S/c1-69(2,3)52-35-51(36-53(39-52)70(4,5)6)48-28-30-63-59(37-48)71-60-38-49(50-33-44(42-72)32-45(34-50)43-73)29-31-65(60)76-66-41-54(74-61-26-15-13-22-57(61)58-23-14-16-27-62(58)74)40-64(67(66)71)75(63)68-55(46-18-9-7-10-19-46)24-17-25-56(68)47-20-11-8-12-21-47/h7-41H,1-6H3. The SMILES string of the molecule is CC(C)(C)c1cc(-c2ccc3c(c2)B2c4cc(-c5cc(C#N)cc(C#N)c5)ccc4Sc4cc(-n5c6ccccc6c6ccccc65)cc(c42)N3c2c(-c3ccccc3)cccc2-c2ccccc2)cc(C(C)(C)C)c1. The Morgan fingerprint density at radius 1 is 0.421 bits per heavy atom. The van der Waals surface area contributed by atoms with Gasteiger partial charge in [-0.3, -0.25) is 0 Å². The Balaban J connectivity index is 1.17. The summed E-state index contributed by atoms with van der Waals surface area (Å²) in [6, 6.07) is 82.2. The molecule has 0 N–H and O–H groups in total. The minimum absolute atomic E-state index is 0.0673. The first-order valence-corrected chi connectivity index (χ1v) is 26.9. The van der Waals surface area contributed by atoms with E-state index in [1.807, 2.05) is 23.9 Å². The molecule has 1 aromatic heterocycles. The predicted octanol–water partition coefficient (Wildman–Crippen LogP) is 16.6. The average Bonchev–Trinajstić information content (AvgIpc) is 3.79. The zero-order valence-corrected chi connectivity index (χ0v) is 44.3. The maximum atomic E-state index is 10.1. The van der Waals surface area contributed by atoms with Crippen LogP contribution >= 0.6 is 11.8 Å². The lowest BCUT2D eigenvalue weighted by atomic mass is 9.34. The third-order valence-electron chi connectivity index (χ3n) is 15.5. The second-order valence-electron chi connectivity index (χ2n) is 22.4. The van der Waals surface area contributed by atoms with E-state index in [4.69, 9.17) is 0 Å². The first-order valence-electron chi connectivity index (χ1n) is 26.1. The Labute approximate surface area is 450 Å². The van der Waals surface area contributed by atoms with Crippen LogP contribution in [-0.4, -0.2) is 11.3 Å². The fraction of sp³-hybridized carbons (Fsp3) is 0.114. The van der Waals surface area contributed by atoms with Crippen molar-refractivity contribution in [2.45, 2.75) is 62.2 Å². The summed E-state index contributed by atoms with van der Waals surface area (Å²) in [6.07, 6.45) is 0. The molecule has 0 radical (unpaired) electrons. The number of benzene rings is 10. The van der Waals surface area contributed by atoms with Crippen molar-refractivity contribution in [3.63, 3.8) is 0 Å². The molecule has 362 valence electrons. The molecular formula is C70H53BN4S. The smallest absolute Gasteiger partial charge is 0.249 e. The highest BCUT2D eigenvalue weighted by molar-refractivity contribution is 8.00. The van der Waals surface area contributed by atoms with Crippen molar-refractivity contribution in [1.82, 2.24) is 4.57 Å². The largest absolute Gasteiger partial charge is 0.310 e. The van der Waals surface area contributed by atoms with Crippen molar-refractivity contribution in [2.24, 2.45) is 0 Å². The molecule has 10 aromatic carbocycles. The fourth-order valence-electron chi connectivity index (χ4n) is 11.7. The van der Waals surface area contributed by atoms with Crippen LogP contribution in [0.3, 0.4) is 0 Å². The molecule has 0 spiro atoms. The Kier molecular flexibility index (Phi) is 11.1. The number of nitrogens with zero attached hydrogens (tertiary/aromatic N) is 4. The van der Waals surface area contributed by atoms with Crippen molar-refractivity contribution in [2.75, 3.05) is 4.90 Å². The molecule has 0 bridgehead atoms. The van der Waals surface area contributed by atoms with E-state index in [2.05, 4.69) is 257 Å². The summed E-state index contributed by atoms with van der Waals surface area (Å²) < 4.78 is 2.46. The molecule has 4 nitrogen and oxygen atoms in total. The van der Waals surface area contributed by atoms with E-state index in [9.17, 15) is 10.5 Å². The Morgan fingerprint density at radius 3 is 1.51 bits per heavy atom. The van der Waals surface area contributed by atoms with Crippen LogP contribution in [0.15, 0.2) is 222 Å². The number of nitriles is 2. The lowest BCUT2D eigenvalue weighted by Crippen LogP contribution is -2.60. The summed E-state index contributed by atoms with van der Waals surface area (Å²) in [6.45, 7) is 13.7. The van der Waals surface area contributed by atoms with E-state index >= 15 is 0 Å². The van der Waals surface area contributed by atoms with Crippen LogP contribution in [0.4, 0.5) is 17.1 Å². The third-order valence-corrected chi connectivity index (χ3v) is 16.7. The second-order valence-corrected chi connectivity index (χ2v) is 23.5. The molecule has 0 fully saturated rings. The van der Waals surface area contributed by atoms with Gasteiger partial charge in [0.05, 0.1) is 40.0 Å². The molecule has 0 amide bonds. The van der Waals surface area contributed by atoms with Gasteiger partial charge >= 0.3 is 0 Å². The molecule has 0 unspecified atom stereocenters. The van der Waals surface area contributed by atoms with Crippen LogP contribution in [0, 0.1) is 22.7 Å². The average molecular weight is 993 g/mol. The Hall–Kier alpha value is -8.81. The second kappa shape index (κ2) is 18.0. The lowest BCUT2D eigenvalue weighted by molar-refractivity contribution is 0.569. The highest BCUT2D eigenvalue weighted by atomic mass is 32.2. The van der Waals surface area contributed by atoms with Gasteiger partial charge in [0.2, 0.25) is 6.71 Å². The summed E-state index contributed by atoms with van der Waals surface area (Å²) in [5.41, 5.74) is 22.5. The molecule has 0 atom stereocenters. The summed E-state index contributed by atoms with van der Waals surface area (Å²) >= 11 is 1.83. The van der Waals surface area contributed by atoms with Gasteiger partial charge in [-0.25, -0.2) is 0 Å². The number of rotatable bonds is 6. The molecule has 6 heteroatoms. The van der Waals surface area contributed by atoms with Gasteiger partial charge in [-0.05, 0) is 121 Å². The summed E-state index contributed by atoms with van der Waals surface area (Å²) in [7, 11) is 0. The van der Waals surface area contributed by atoms with Crippen molar-refractivity contribution >= 4 is 73.7 Å². The van der Waals surface area contributed by atoms with Crippen LogP contribution in [0.5, 0.6) is 0 Å². The van der Waals surface area contributed by atoms with Gasteiger partial charge in [-0.2, -0.15) is 10.5 Å². The highest BCUT2D eigenvalue weighted by Gasteiger charge is 2.43. The maximum absolute atomic E-state index is 10.1. The van der Waals surface area contributed by atoms with Gasteiger partial charge in [-0.15, -0.1) is 0 Å². The molecule has 0 aliphatic carbocycles. The lowest BCUT2D eigenvalue weighted by Gasteiger charge is -2.42. The van der Waals surface area contributed by atoms with Gasteiger partial charge in [0, 0.05) is 48.8 Å². The third kappa shape index (κ3) is 7.83. The molecule has 0 saturated heterocycles. The number of para-hydroxylation sites is 3. The molecule has 13 rings (SSSR count). The number of hydrogen-bond acceptors (Lipinski definition) is 4. The van der Waals surface area contributed by atoms with Crippen molar-refractivity contribution in [3.8, 4) is 62.3 Å². The number of fused-ring (bicyclic) bond motifs is 7. The van der Waals surface area contributed by atoms with Gasteiger partial charge in [-0.1, -0.05) is 216 Å². The molecule has 76 heavy (non-hydrogen) atoms. The highest BCUT2D eigenvalue weighted by Crippen LogP contribution is 2.51. The molecule has 3 heterocycles. The van der Waals surface area contributed by atoms with E-state index in [1.165, 1.54) is 53.6 Å². The first-order chi connectivity index (χ1) is 36.8. The van der Waals surface area contributed by atoms with Crippen molar-refractivity contribution in [3.05, 3.63) is 235 Å². The van der Waals surface area contributed by atoms with E-state index < -0.39 is 0 Å². The van der Waals surface area contributed by atoms with Gasteiger partial charge in [0.25, 0.3) is 0 Å². The summed E-state index contributed by atoms with van der Waals surface area (Å²) in [4.78, 5) is 4.96. The predicted molar refractivity (Wildman–Crippen MR) is 319 cm³/mol. The topological polar surface area (TPSA) is 55.8 Å². The number of anilines is 3. The quantitative estimate of drug-likeness (QED) is 0.156. The monoisotopic (exact) mass is 992 g/mol. The Bertz CT molecular complexity index is 4080. The van der Waals surface area contributed by atoms with Gasteiger partial charge in [0.1, 0.15) is 0 Å². The van der Waals surface area contributed by atoms with E-state index in [0.29, 0.717) is 11.1 Å². The number of aromatic nitrogens is 1.